The van der Waals surface area contributed by atoms with Gasteiger partial charge in [0.15, 0.2) is 0 Å². The van der Waals surface area contributed by atoms with E-state index in [9.17, 15) is 13.2 Å². The second-order valence-corrected chi connectivity index (χ2v) is 6.05. The number of aromatic nitrogens is 5. The number of nitrogens with one attached hydrogen (secondary N) is 1. The van der Waals surface area contributed by atoms with Crippen LogP contribution in [0.3, 0.4) is 0 Å². The van der Waals surface area contributed by atoms with Crippen LogP contribution in [0, 0.1) is 6.92 Å². The van der Waals surface area contributed by atoms with Gasteiger partial charge in [0.1, 0.15) is 10.8 Å². The predicted octanol–water partition coefficient (Wildman–Crippen LogP) is 3.08. The molecule has 3 heterocycles. The van der Waals surface area contributed by atoms with E-state index in [0.717, 1.165) is 20.8 Å². The molecule has 0 aromatic carbocycles. The second-order valence-electron chi connectivity index (χ2n) is 4.86. The van der Waals surface area contributed by atoms with Gasteiger partial charge in [-0.3, -0.25) is 0 Å². The number of hydrogen-bond acceptors (Lipinski definition) is 6. The van der Waals surface area contributed by atoms with Crippen LogP contribution < -0.4 is 5.32 Å². The van der Waals surface area contributed by atoms with E-state index in [2.05, 4.69) is 25.4 Å². The summed E-state index contributed by atoms with van der Waals surface area (Å²) in [5.41, 5.74) is 0.550. The number of halogens is 3. The zero-order valence-electron chi connectivity index (χ0n) is 12.3. The van der Waals surface area contributed by atoms with E-state index in [0.29, 0.717) is 18.1 Å². The number of nitrogens with zero attached hydrogens (tertiary/aromatic N) is 5. The van der Waals surface area contributed by atoms with Crippen LogP contribution in [0.2, 0.25) is 0 Å². The van der Waals surface area contributed by atoms with Crippen LogP contribution in [-0.2, 0) is 19.1 Å². The van der Waals surface area contributed by atoms with Gasteiger partial charge in [0.05, 0.1) is 6.54 Å². The van der Waals surface area contributed by atoms with Gasteiger partial charge in [-0.15, -0.1) is 16.4 Å². The molecule has 0 saturated carbocycles. The summed E-state index contributed by atoms with van der Waals surface area (Å²) >= 11 is 1.56. The third-order valence-corrected chi connectivity index (χ3v) is 4.21. The van der Waals surface area contributed by atoms with E-state index in [1.54, 1.807) is 30.5 Å². The van der Waals surface area contributed by atoms with E-state index in [1.165, 1.54) is 0 Å². The van der Waals surface area contributed by atoms with Crippen molar-refractivity contribution in [2.24, 2.45) is 0 Å². The Morgan fingerprint density at radius 3 is 2.74 bits per heavy atom. The smallest absolute Gasteiger partial charge is 0.363 e. The maximum absolute atomic E-state index is 12.8. The lowest BCUT2D eigenvalue weighted by Crippen LogP contribution is -2.09. The van der Waals surface area contributed by atoms with E-state index in [1.807, 2.05) is 6.92 Å². The lowest BCUT2D eigenvalue weighted by molar-refractivity contribution is -0.144. The molecule has 0 fully saturated rings. The predicted molar refractivity (Wildman–Crippen MR) is 79.3 cm³/mol. The largest absolute Gasteiger partial charge is 0.453 e. The van der Waals surface area contributed by atoms with Crippen molar-refractivity contribution in [2.75, 3.05) is 5.32 Å². The molecule has 0 radical (unpaired) electrons. The van der Waals surface area contributed by atoms with Crippen molar-refractivity contribution >= 4 is 22.9 Å². The molecular weight excluding hydrogens is 329 g/mol. The highest BCUT2D eigenvalue weighted by molar-refractivity contribution is 7.11. The zero-order chi connectivity index (χ0) is 16.6. The average Bonchev–Trinajstić information content (AvgIpc) is 3.10. The number of thiazole rings is 1. The van der Waals surface area contributed by atoms with Crippen molar-refractivity contribution in [1.29, 1.82) is 0 Å². The first-order valence-electron chi connectivity index (χ1n) is 6.86. The number of aryl methyl sites for hydroxylation is 2. The Morgan fingerprint density at radius 2 is 2.09 bits per heavy atom. The average molecular weight is 342 g/mol. The van der Waals surface area contributed by atoms with Gasteiger partial charge in [-0.1, -0.05) is 6.92 Å². The summed E-state index contributed by atoms with van der Waals surface area (Å²) in [6, 6.07) is 1.62. The molecule has 0 amide bonds. The molecule has 3 rings (SSSR count). The van der Waals surface area contributed by atoms with Gasteiger partial charge in [-0.25, -0.2) is 9.97 Å². The molecular formula is C13H13F3N6S. The van der Waals surface area contributed by atoms with Gasteiger partial charge in [0, 0.05) is 22.8 Å². The van der Waals surface area contributed by atoms with Crippen LogP contribution in [0.25, 0.3) is 5.78 Å². The quantitative estimate of drug-likeness (QED) is 0.789. The fourth-order valence-electron chi connectivity index (χ4n) is 1.99. The Morgan fingerprint density at radius 1 is 1.30 bits per heavy atom. The minimum Gasteiger partial charge on any atom is -0.363 e. The van der Waals surface area contributed by atoms with Gasteiger partial charge in [0.2, 0.25) is 0 Å². The summed E-state index contributed by atoms with van der Waals surface area (Å²) < 4.78 is 39.3. The Balaban J connectivity index is 1.91. The number of alkyl halides is 3. The van der Waals surface area contributed by atoms with Gasteiger partial charge in [-0.2, -0.15) is 22.7 Å². The molecule has 0 aliphatic carbocycles. The molecule has 3 aromatic heterocycles. The fraction of sp³-hybridized carbons (Fsp3) is 0.385. The zero-order valence-corrected chi connectivity index (χ0v) is 13.2. The number of fused-ring (bicyclic) bond motifs is 1. The van der Waals surface area contributed by atoms with Gasteiger partial charge >= 0.3 is 6.18 Å². The Kier molecular flexibility index (Phi) is 3.92. The van der Waals surface area contributed by atoms with Crippen molar-refractivity contribution in [3.8, 4) is 0 Å². The first-order valence-corrected chi connectivity index (χ1v) is 7.67. The van der Waals surface area contributed by atoms with E-state index in [-0.39, 0.29) is 5.78 Å². The number of hydrogen-bond donors (Lipinski definition) is 1. The third-order valence-electron chi connectivity index (χ3n) is 3.06. The molecule has 0 aliphatic heterocycles. The monoisotopic (exact) mass is 342 g/mol. The highest BCUT2D eigenvalue weighted by Crippen LogP contribution is 2.27. The summed E-state index contributed by atoms with van der Waals surface area (Å²) in [6.07, 6.45) is -1.91. The molecule has 0 bridgehead atoms. The van der Waals surface area contributed by atoms with E-state index >= 15 is 0 Å². The molecule has 0 atom stereocenters. The molecule has 23 heavy (non-hydrogen) atoms. The SMILES string of the molecule is CCc1cnc(CNc2cc(C)nc3nc(C(F)(F)F)nn23)s1. The first kappa shape index (κ1) is 15.7. The topological polar surface area (TPSA) is 68.0 Å². The van der Waals surface area contributed by atoms with Crippen molar-refractivity contribution in [1.82, 2.24) is 24.6 Å². The molecule has 10 heteroatoms. The maximum Gasteiger partial charge on any atom is 0.453 e. The molecule has 1 N–H and O–H groups in total. The summed E-state index contributed by atoms with van der Waals surface area (Å²) in [7, 11) is 0. The van der Waals surface area contributed by atoms with Crippen LogP contribution >= 0.6 is 11.3 Å². The summed E-state index contributed by atoms with van der Waals surface area (Å²) in [5.74, 6) is -0.905. The first-order chi connectivity index (χ1) is 10.9. The van der Waals surface area contributed by atoms with Crippen LogP contribution in [0.4, 0.5) is 19.0 Å². The van der Waals surface area contributed by atoms with Crippen LogP contribution in [0.5, 0.6) is 0 Å². The number of rotatable bonds is 4. The highest BCUT2D eigenvalue weighted by atomic mass is 32.1. The van der Waals surface area contributed by atoms with Crippen molar-refractivity contribution in [3.05, 3.63) is 33.7 Å². The molecule has 3 aromatic rings. The van der Waals surface area contributed by atoms with Crippen LogP contribution in [0.15, 0.2) is 12.3 Å². The lowest BCUT2D eigenvalue weighted by Gasteiger charge is -2.06. The standard InChI is InChI=1S/C13H13F3N6S/c1-3-8-5-18-10(23-8)6-17-9-4-7(2)19-12-20-11(13(14,15)16)21-22(9)12/h4-5,17H,3,6H2,1-2H3. The Bertz CT molecular complexity index is 838. The molecule has 6 nitrogen and oxygen atoms in total. The fourth-order valence-corrected chi connectivity index (χ4v) is 2.79. The summed E-state index contributed by atoms with van der Waals surface area (Å²) in [4.78, 5) is 12.8. The molecule has 0 aliphatic rings. The van der Waals surface area contributed by atoms with Crippen molar-refractivity contribution in [2.45, 2.75) is 33.0 Å². The molecule has 0 unspecified atom stereocenters. The maximum atomic E-state index is 12.8. The Hall–Kier alpha value is -2.23. The summed E-state index contributed by atoms with van der Waals surface area (Å²) in [5, 5.41) is 7.39. The minimum absolute atomic E-state index is 0.0896. The summed E-state index contributed by atoms with van der Waals surface area (Å²) in [6.45, 7) is 4.12. The van der Waals surface area contributed by atoms with E-state index < -0.39 is 12.0 Å². The second kappa shape index (κ2) is 5.76. The normalized spacial score (nSPS) is 12.0. The third kappa shape index (κ3) is 3.26. The van der Waals surface area contributed by atoms with Crippen molar-refractivity contribution in [3.63, 3.8) is 0 Å². The molecule has 0 saturated heterocycles. The number of anilines is 1. The highest BCUT2D eigenvalue weighted by Gasteiger charge is 2.36. The van der Waals surface area contributed by atoms with Crippen molar-refractivity contribution < 1.29 is 13.2 Å². The minimum atomic E-state index is -4.61. The molecule has 0 spiro atoms. The molecule has 122 valence electrons. The van der Waals surface area contributed by atoms with E-state index in [4.69, 9.17) is 0 Å². The van der Waals surface area contributed by atoms with Gasteiger partial charge in [0.25, 0.3) is 11.6 Å². The van der Waals surface area contributed by atoms with Gasteiger partial charge < -0.3 is 5.32 Å². The lowest BCUT2D eigenvalue weighted by atomic mass is 10.4. The van der Waals surface area contributed by atoms with Crippen LogP contribution in [-0.4, -0.2) is 24.6 Å². The van der Waals surface area contributed by atoms with Gasteiger partial charge in [-0.05, 0) is 13.3 Å². The Labute approximate surface area is 133 Å². The van der Waals surface area contributed by atoms with Crippen LogP contribution in [0.1, 0.15) is 28.3 Å².